The molecule has 8 nitrogen and oxygen atoms in total. The summed E-state index contributed by atoms with van der Waals surface area (Å²) < 4.78 is 1.89. The molecule has 2 heterocycles. The molecular formula is C16H19N5O3S. The van der Waals surface area contributed by atoms with Crippen LogP contribution in [0.3, 0.4) is 0 Å². The lowest BCUT2D eigenvalue weighted by molar-refractivity contribution is -0.387. The van der Waals surface area contributed by atoms with Crippen LogP contribution in [0.1, 0.15) is 22.2 Å². The Labute approximate surface area is 149 Å². The summed E-state index contributed by atoms with van der Waals surface area (Å²) in [7, 11) is 1.89. The molecule has 3 rings (SSSR count). The molecule has 0 bridgehead atoms. The van der Waals surface area contributed by atoms with Gasteiger partial charge in [-0.05, 0) is 18.4 Å². The van der Waals surface area contributed by atoms with Crippen LogP contribution in [-0.2, 0) is 7.05 Å². The molecule has 132 valence electrons. The lowest BCUT2D eigenvalue weighted by Gasteiger charge is -2.35. The Hall–Kier alpha value is -2.39. The van der Waals surface area contributed by atoms with E-state index < -0.39 is 4.92 Å². The molecule has 1 unspecified atom stereocenters. The standard InChI is InChI=1S/C16H19N5O3S/c1-19-7-6-18-15(19)13-10-17-5-8-20(13)16(22)11-3-4-14(25-2)12(9-11)21(23)24/h3-4,6-7,9,13,17H,5,8,10H2,1-2H3. The number of amides is 1. The molecule has 1 atom stereocenters. The second kappa shape index (κ2) is 7.24. The van der Waals surface area contributed by atoms with Gasteiger partial charge in [-0.15, -0.1) is 11.8 Å². The van der Waals surface area contributed by atoms with Crippen LogP contribution in [0.4, 0.5) is 5.69 Å². The van der Waals surface area contributed by atoms with E-state index in [-0.39, 0.29) is 17.6 Å². The Kier molecular flexibility index (Phi) is 5.05. The first-order valence-corrected chi connectivity index (χ1v) is 9.06. The van der Waals surface area contributed by atoms with Crippen molar-refractivity contribution in [2.24, 2.45) is 7.05 Å². The summed E-state index contributed by atoms with van der Waals surface area (Å²) in [6.45, 7) is 1.80. The second-order valence-corrected chi connectivity index (χ2v) is 6.61. The van der Waals surface area contributed by atoms with Gasteiger partial charge in [-0.3, -0.25) is 14.9 Å². The minimum absolute atomic E-state index is 0.0398. The fourth-order valence-corrected chi connectivity index (χ4v) is 3.55. The summed E-state index contributed by atoms with van der Waals surface area (Å²) in [5.41, 5.74) is 0.285. The zero-order chi connectivity index (χ0) is 18.0. The third kappa shape index (κ3) is 3.38. The number of benzene rings is 1. The topological polar surface area (TPSA) is 93.3 Å². The number of aromatic nitrogens is 2. The SMILES string of the molecule is CSc1ccc(C(=O)N2CCNCC2c2nccn2C)cc1[N+](=O)[O-]. The number of thioether (sulfide) groups is 1. The highest BCUT2D eigenvalue weighted by Gasteiger charge is 2.31. The Balaban J connectivity index is 1.94. The molecule has 25 heavy (non-hydrogen) atoms. The zero-order valence-electron chi connectivity index (χ0n) is 14.0. The van der Waals surface area contributed by atoms with Crippen molar-refractivity contribution in [1.29, 1.82) is 0 Å². The van der Waals surface area contributed by atoms with Gasteiger partial charge >= 0.3 is 0 Å². The maximum Gasteiger partial charge on any atom is 0.283 e. The first kappa shape index (κ1) is 17.4. The third-order valence-corrected chi connectivity index (χ3v) is 5.07. The zero-order valence-corrected chi connectivity index (χ0v) is 14.8. The molecule has 1 amide bonds. The van der Waals surface area contributed by atoms with Crippen LogP contribution in [0.15, 0.2) is 35.5 Å². The van der Waals surface area contributed by atoms with Crippen molar-refractivity contribution in [3.05, 3.63) is 52.1 Å². The lowest BCUT2D eigenvalue weighted by Crippen LogP contribution is -2.49. The minimum atomic E-state index is -0.448. The van der Waals surface area contributed by atoms with Gasteiger partial charge in [0.15, 0.2) is 0 Å². The number of aryl methyl sites for hydroxylation is 1. The second-order valence-electron chi connectivity index (χ2n) is 5.76. The van der Waals surface area contributed by atoms with E-state index in [1.54, 1.807) is 29.5 Å². The van der Waals surface area contributed by atoms with E-state index in [0.29, 0.717) is 30.1 Å². The molecule has 0 spiro atoms. The van der Waals surface area contributed by atoms with Crippen molar-refractivity contribution in [3.8, 4) is 0 Å². The van der Waals surface area contributed by atoms with Crippen LogP contribution in [0.5, 0.6) is 0 Å². The van der Waals surface area contributed by atoms with E-state index in [2.05, 4.69) is 10.3 Å². The molecule has 1 aromatic heterocycles. The number of nitro groups is 1. The van der Waals surface area contributed by atoms with E-state index in [1.165, 1.54) is 17.8 Å². The summed E-state index contributed by atoms with van der Waals surface area (Å²) in [6.07, 6.45) is 5.31. The third-order valence-electron chi connectivity index (χ3n) is 4.28. The van der Waals surface area contributed by atoms with Gasteiger partial charge in [0, 0.05) is 50.7 Å². The van der Waals surface area contributed by atoms with E-state index in [9.17, 15) is 14.9 Å². The van der Waals surface area contributed by atoms with Crippen molar-refractivity contribution in [2.45, 2.75) is 10.9 Å². The van der Waals surface area contributed by atoms with E-state index >= 15 is 0 Å². The van der Waals surface area contributed by atoms with Gasteiger partial charge in [0.25, 0.3) is 11.6 Å². The lowest BCUT2D eigenvalue weighted by atomic mass is 10.1. The average molecular weight is 361 g/mol. The largest absolute Gasteiger partial charge is 0.336 e. The first-order valence-electron chi connectivity index (χ1n) is 7.84. The molecule has 1 N–H and O–H groups in total. The van der Waals surface area contributed by atoms with E-state index in [1.807, 2.05) is 17.8 Å². The van der Waals surface area contributed by atoms with E-state index in [4.69, 9.17) is 0 Å². The first-order chi connectivity index (χ1) is 12.0. The molecule has 0 saturated carbocycles. The van der Waals surface area contributed by atoms with Gasteiger partial charge in [-0.1, -0.05) is 0 Å². The Morgan fingerprint density at radius 2 is 2.28 bits per heavy atom. The highest BCUT2D eigenvalue weighted by atomic mass is 32.2. The summed E-state index contributed by atoms with van der Waals surface area (Å²) in [5, 5.41) is 14.5. The van der Waals surface area contributed by atoms with Crippen molar-refractivity contribution >= 4 is 23.4 Å². The number of piperazine rings is 1. The number of hydrogen-bond donors (Lipinski definition) is 1. The summed E-state index contributed by atoms with van der Waals surface area (Å²) in [5.74, 6) is 0.570. The molecule has 1 saturated heterocycles. The van der Waals surface area contributed by atoms with E-state index in [0.717, 1.165) is 5.82 Å². The number of carbonyl (C=O) groups is 1. The van der Waals surface area contributed by atoms with Crippen molar-refractivity contribution in [1.82, 2.24) is 19.8 Å². The van der Waals surface area contributed by atoms with Crippen LogP contribution < -0.4 is 5.32 Å². The molecular weight excluding hydrogens is 342 g/mol. The fraction of sp³-hybridized carbons (Fsp3) is 0.375. The number of nitro benzene ring substituents is 1. The highest BCUT2D eigenvalue weighted by molar-refractivity contribution is 7.98. The number of hydrogen-bond acceptors (Lipinski definition) is 6. The van der Waals surface area contributed by atoms with Crippen LogP contribution in [0.2, 0.25) is 0 Å². The van der Waals surface area contributed by atoms with Crippen molar-refractivity contribution < 1.29 is 9.72 Å². The van der Waals surface area contributed by atoms with Gasteiger partial charge in [0.05, 0.1) is 9.82 Å². The monoisotopic (exact) mass is 361 g/mol. The molecule has 1 aromatic carbocycles. The summed E-state index contributed by atoms with van der Waals surface area (Å²) in [6, 6.07) is 4.44. The summed E-state index contributed by atoms with van der Waals surface area (Å²) >= 11 is 1.29. The predicted molar refractivity (Wildman–Crippen MR) is 94.7 cm³/mol. The van der Waals surface area contributed by atoms with Gasteiger partial charge in [0.1, 0.15) is 11.9 Å². The van der Waals surface area contributed by atoms with Crippen LogP contribution in [0.25, 0.3) is 0 Å². The molecule has 1 fully saturated rings. The Bertz CT molecular complexity index is 807. The normalized spacial score (nSPS) is 17.5. The minimum Gasteiger partial charge on any atom is -0.336 e. The highest BCUT2D eigenvalue weighted by Crippen LogP contribution is 2.30. The van der Waals surface area contributed by atoms with Crippen LogP contribution in [0, 0.1) is 10.1 Å². The number of nitrogens with one attached hydrogen (secondary N) is 1. The number of imidazole rings is 1. The molecule has 2 aromatic rings. The number of carbonyl (C=O) groups excluding carboxylic acids is 1. The molecule has 0 aliphatic carbocycles. The predicted octanol–water partition coefficient (Wildman–Crippen LogP) is 1.84. The Morgan fingerprint density at radius 1 is 1.48 bits per heavy atom. The van der Waals surface area contributed by atoms with Gasteiger partial charge < -0.3 is 14.8 Å². The van der Waals surface area contributed by atoms with Gasteiger partial charge in [0.2, 0.25) is 0 Å². The number of rotatable bonds is 4. The van der Waals surface area contributed by atoms with Gasteiger partial charge in [-0.2, -0.15) is 0 Å². The van der Waals surface area contributed by atoms with Crippen molar-refractivity contribution in [2.75, 3.05) is 25.9 Å². The number of nitrogens with zero attached hydrogens (tertiary/aromatic N) is 4. The molecule has 1 aliphatic rings. The molecule has 9 heteroatoms. The summed E-state index contributed by atoms with van der Waals surface area (Å²) in [4.78, 5) is 30.5. The van der Waals surface area contributed by atoms with Crippen LogP contribution >= 0.6 is 11.8 Å². The van der Waals surface area contributed by atoms with Gasteiger partial charge in [-0.25, -0.2) is 4.98 Å². The fourth-order valence-electron chi connectivity index (χ4n) is 3.01. The smallest absolute Gasteiger partial charge is 0.283 e. The van der Waals surface area contributed by atoms with Crippen molar-refractivity contribution in [3.63, 3.8) is 0 Å². The quantitative estimate of drug-likeness (QED) is 0.507. The molecule has 0 radical (unpaired) electrons. The van der Waals surface area contributed by atoms with Crippen LogP contribution in [-0.4, -0.2) is 51.2 Å². The Morgan fingerprint density at radius 3 is 2.92 bits per heavy atom. The molecule has 1 aliphatic heterocycles. The average Bonchev–Trinajstić information content (AvgIpc) is 3.06. The maximum absolute atomic E-state index is 13.0. The maximum atomic E-state index is 13.0.